The van der Waals surface area contributed by atoms with Gasteiger partial charge in [0, 0.05) is 18.5 Å². The molecule has 1 N–H and O–H groups in total. The quantitative estimate of drug-likeness (QED) is 0.718. The fourth-order valence-electron chi connectivity index (χ4n) is 2.24. The number of hydrogen-bond acceptors (Lipinski definition) is 4. The van der Waals surface area contributed by atoms with E-state index in [4.69, 9.17) is 14.2 Å². The molecule has 0 fully saturated rings. The molecular formula is C19H23NO4. The van der Waals surface area contributed by atoms with Crippen molar-refractivity contribution >= 4 is 5.91 Å². The Balaban J connectivity index is 1.73. The number of para-hydroxylation sites is 1. The van der Waals surface area contributed by atoms with Crippen molar-refractivity contribution in [1.82, 2.24) is 5.32 Å². The Morgan fingerprint density at radius 2 is 1.79 bits per heavy atom. The van der Waals surface area contributed by atoms with Crippen molar-refractivity contribution in [3.63, 3.8) is 0 Å². The zero-order chi connectivity index (χ0) is 17.2. The Hall–Kier alpha value is -2.69. The molecule has 0 saturated heterocycles. The van der Waals surface area contributed by atoms with Crippen molar-refractivity contribution in [3.8, 4) is 17.2 Å². The molecule has 5 heteroatoms. The van der Waals surface area contributed by atoms with Crippen molar-refractivity contribution in [1.29, 1.82) is 0 Å². The van der Waals surface area contributed by atoms with E-state index in [1.807, 2.05) is 48.5 Å². The highest BCUT2D eigenvalue weighted by Gasteiger charge is 2.07. The van der Waals surface area contributed by atoms with Gasteiger partial charge in [-0.25, -0.2) is 0 Å². The fraction of sp³-hybridized carbons (Fsp3) is 0.316. The molecule has 5 nitrogen and oxygen atoms in total. The molecule has 0 unspecified atom stereocenters. The van der Waals surface area contributed by atoms with Gasteiger partial charge in [0.1, 0.15) is 17.2 Å². The average molecular weight is 329 g/mol. The van der Waals surface area contributed by atoms with E-state index >= 15 is 0 Å². The minimum atomic E-state index is -0.0171. The molecule has 0 radical (unpaired) electrons. The summed E-state index contributed by atoms with van der Waals surface area (Å²) in [5.74, 6) is 2.26. The molecule has 0 saturated carbocycles. The first kappa shape index (κ1) is 17.7. The standard InChI is InChI=1S/C19H23NO4/c1-22-17-10-11-18(23-2)15(13-17)14-20-19(21)9-6-12-24-16-7-4-3-5-8-16/h3-5,7-8,10-11,13H,6,9,12,14H2,1-2H3,(H,20,21). The number of nitrogens with one attached hydrogen (secondary N) is 1. The summed E-state index contributed by atoms with van der Waals surface area (Å²) in [6.45, 7) is 0.915. The van der Waals surface area contributed by atoms with Crippen LogP contribution in [0.25, 0.3) is 0 Å². The topological polar surface area (TPSA) is 56.8 Å². The van der Waals surface area contributed by atoms with Gasteiger partial charge in [-0.05, 0) is 36.8 Å². The zero-order valence-corrected chi connectivity index (χ0v) is 14.1. The number of amides is 1. The molecule has 0 heterocycles. The molecule has 0 aliphatic carbocycles. The van der Waals surface area contributed by atoms with Gasteiger partial charge in [0.25, 0.3) is 0 Å². The summed E-state index contributed by atoms with van der Waals surface area (Å²) in [5, 5.41) is 2.89. The van der Waals surface area contributed by atoms with Gasteiger partial charge >= 0.3 is 0 Å². The number of methoxy groups -OCH3 is 2. The Morgan fingerprint density at radius 3 is 2.50 bits per heavy atom. The fourth-order valence-corrected chi connectivity index (χ4v) is 2.24. The van der Waals surface area contributed by atoms with Crippen molar-refractivity contribution < 1.29 is 19.0 Å². The first-order valence-corrected chi connectivity index (χ1v) is 7.88. The second-order valence-corrected chi connectivity index (χ2v) is 5.22. The van der Waals surface area contributed by atoms with Crippen LogP contribution in [0.2, 0.25) is 0 Å². The van der Waals surface area contributed by atoms with E-state index in [-0.39, 0.29) is 5.91 Å². The van der Waals surface area contributed by atoms with E-state index in [2.05, 4.69) is 5.32 Å². The van der Waals surface area contributed by atoms with Crippen molar-refractivity contribution in [2.45, 2.75) is 19.4 Å². The maximum atomic E-state index is 11.9. The van der Waals surface area contributed by atoms with E-state index in [0.29, 0.717) is 26.0 Å². The minimum absolute atomic E-state index is 0.0171. The second kappa shape index (κ2) is 9.45. The number of rotatable bonds is 9. The normalized spacial score (nSPS) is 10.1. The van der Waals surface area contributed by atoms with Crippen LogP contribution in [0.4, 0.5) is 0 Å². The predicted molar refractivity (Wildman–Crippen MR) is 92.6 cm³/mol. The molecule has 1 amide bonds. The number of benzene rings is 2. The molecule has 2 aromatic carbocycles. The molecule has 0 bridgehead atoms. The van der Waals surface area contributed by atoms with Crippen LogP contribution in [0.1, 0.15) is 18.4 Å². The van der Waals surface area contributed by atoms with Gasteiger partial charge in [-0.15, -0.1) is 0 Å². The van der Waals surface area contributed by atoms with Gasteiger partial charge in [0.15, 0.2) is 0 Å². The monoisotopic (exact) mass is 329 g/mol. The first-order valence-electron chi connectivity index (χ1n) is 7.88. The van der Waals surface area contributed by atoms with Crippen LogP contribution in [0.3, 0.4) is 0 Å². The van der Waals surface area contributed by atoms with Crippen molar-refractivity contribution in [2.24, 2.45) is 0 Å². The predicted octanol–water partition coefficient (Wildman–Crippen LogP) is 3.18. The molecular weight excluding hydrogens is 306 g/mol. The molecule has 2 rings (SSSR count). The third-order valence-electron chi connectivity index (χ3n) is 3.52. The third kappa shape index (κ3) is 5.50. The molecule has 2 aromatic rings. The lowest BCUT2D eigenvalue weighted by Gasteiger charge is -2.11. The zero-order valence-electron chi connectivity index (χ0n) is 14.1. The van der Waals surface area contributed by atoms with Gasteiger partial charge in [-0.1, -0.05) is 18.2 Å². The maximum absolute atomic E-state index is 11.9. The van der Waals surface area contributed by atoms with Crippen LogP contribution in [0.5, 0.6) is 17.2 Å². The summed E-state index contributed by atoms with van der Waals surface area (Å²) in [4.78, 5) is 11.9. The lowest BCUT2D eigenvalue weighted by molar-refractivity contribution is -0.121. The number of hydrogen-bond donors (Lipinski definition) is 1. The SMILES string of the molecule is COc1ccc(OC)c(CNC(=O)CCCOc2ccccc2)c1. The highest BCUT2D eigenvalue weighted by Crippen LogP contribution is 2.23. The summed E-state index contributed by atoms with van der Waals surface area (Å²) in [6, 6.07) is 15.1. The summed E-state index contributed by atoms with van der Waals surface area (Å²) in [7, 11) is 3.21. The molecule has 0 spiro atoms. The second-order valence-electron chi connectivity index (χ2n) is 5.22. The van der Waals surface area contributed by atoms with Gasteiger partial charge in [0.05, 0.1) is 20.8 Å². The van der Waals surface area contributed by atoms with E-state index in [9.17, 15) is 4.79 Å². The maximum Gasteiger partial charge on any atom is 0.220 e. The third-order valence-corrected chi connectivity index (χ3v) is 3.52. The number of ether oxygens (including phenoxy) is 3. The molecule has 24 heavy (non-hydrogen) atoms. The summed E-state index contributed by atoms with van der Waals surface area (Å²) in [6.07, 6.45) is 1.08. The highest BCUT2D eigenvalue weighted by molar-refractivity contribution is 5.75. The van der Waals surface area contributed by atoms with Crippen LogP contribution in [0.15, 0.2) is 48.5 Å². The number of carbonyl (C=O) groups excluding carboxylic acids is 1. The van der Waals surface area contributed by atoms with Crippen LogP contribution in [-0.2, 0) is 11.3 Å². The Labute approximate surface area is 142 Å². The Morgan fingerprint density at radius 1 is 1.00 bits per heavy atom. The van der Waals surface area contributed by atoms with Crippen LogP contribution < -0.4 is 19.5 Å². The summed E-state index contributed by atoms with van der Waals surface area (Å²) in [5.41, 5.74) is 0.880. The van der Waals surface area contributed by atoms with Crippen LogP contribution in [0, 0.1) is 0 Å². The highest BCUT2D eigenvalue weighted by atomic mass is 16.5. The van der Waals surface area contributed by atoms with Crippen LogP contribution in [-0.4, -0.2) is 26.7 Å². The van der Waals surface area contributed by atoms with Crippen LogP contribution >= 0.6 is 0 Å². The Kier molecular flexibility index (Phi) is 6.95. The Bertz CT molecular complexity index is 643. The number of carbonyl (C=O) groups is 1. The van der Waals surface area contributed by atoms with Gasteiger partial charge in [0.2, 0.25) is 5.91 Å². The van der Waals surface area contributed by atoms with Crippen molar-refractivity contribution in [2.75, 3.05) is 20.8 Å². The first-order chi connectivity index (χ1) is 11.7. The van der Waals surface area contributed by atoms with Crippen molar-refractivity contribution in [3.05, 3.63) is 54.1 Å². The molecule has 128 valence electrons. The average Bonchev–Trinajstić information content (AvgIpc) is 2.64. The lowest BCUT2D eigenvalue weighted by Crippen LogP contribution is -2.23. The van der Waals surface area contributed by atoms with Gasteiger partial charge in [-0.2, -0.15) is 0 Å². The molecule has 0 aliphatic heterocycles. The van der Waals surface area contributed by atoms with E-state index in [1.165, 1.54) is 0 Å². The van der Waals surface area contributed by atoms with E-state index in [1.54, 1.807) is 14.2 Å². The van der Waals surface area contributed by atoms with Gasteiger partial charge in [-0.3, -0.25) is 4.79 Å². The van der Waals surface area contributed by atoms with E-state index < -0.39 is 0 Å². The molecule has 0 aromatic heterocycles. The smallest absolute Gasteiger partial charge is 0.220 e. The van der Waals surface area contributed by atoms with Gasteiger partial charge < -0.3 is 19.5 Å². The minimum Gasteiger partial charge on any atom is -0.497 e. The largest absolute Gasteiger partial charge is 0.497 e. The van der Waals surface area contributed by atoms with E-state index in [0.717, 1.165) is 22.8 Å². The molecule has 0 atom stereocenters. The molecule has 0 aliphatic rings. The lowest BCUT2D eigenvalue weighted by atomic mass is 10.2. The summed E-state index contributed by atoms with van der Waals surface area (Å²) < 4.78 is 16.1. The summed E-state index contributed by atoms with van der Waals surface area (Å²) >= 11 is 0.